The Hall–Kier alpha value is -1.70. The van der Waals surface area contributed by atoms with E-state index in [9.17, 15) is 8.42 Å². The van der Waals surface area contributed by atoms with Gasteiger partial charge in [-0.1, -0.05) is 30.3 Å². The number of aryl methyl sites for hydroxylation is 1. The van der Waals surface area contributed by atoms with Crippen LogP contribution in [0.3, 0.4) is 0 Å². The molecule has 0 radical (unpaired) electrons. The Morgan fingerprint density at radius 3 is 2.50 bits per heavy atom. The second-order valence-electron chi connectivity index (χ2n) is 6.24. The predicted octanol–water partition coefficient (Wildman–Crippen LogP) is 1.50. The van der Waals surface area contributed by atoms with E-state index in [4.69, 9.17) is 0 Å². The maximum Gasteiger partial charge on any atom is 0.218 e. The van der Waals surface area contributed by atoms with Gasteiger partial charge in [-0.25, -0.2) is 12.7 Å². The Balaban J connectivity index is 1.50. The summed E-state index contributed by atoms with van der Waals surface area (Å²) >= 11 is 0. The zero-order chi connectivity index (χ0) is 17.0. The molecule has 1 aliphatic heterocycles. The molecular formula is C17H24N4O2S. The fraction of sp³-hybridized carbons (Fsp3) is 0.471. The van der Waals surface area contributed by atoms with E-state index in [1.807, 2.05) is 48.1 Å². The lowest BCUT2D eigenvalue weighted by Gasteiger charge is -2.31. The summed E-state index contributed by atoms with van der Waals surface area (Å²) in [7, 11) is -1.31. The van der Waals surface area contributed by atoms with Gasteiger partial charge in [0.1, 0.15) is 0 Å². The molecule has 0 aliphatic carbocycles. The molecule has 0 saturated carbocycles. The smallest absolute Gasteiger partial charge is 0.218 e. The van der Waals surface area contributed by atoms with Gasteiger partial charge in [-0.3, -0.25) is 4.68 Å². The first kappa shape index (κ1) is 17.1. The molecule has 1 aliphatic rings. The minimum Gasteiger partial charge on any atom is -0.308 e. The van der Waals surface area contributed by atoms with Crippen molar-refractivity contribution in [3.8, 4) is 0 Å². The molecule has 1 fully saturated rings. The SMILES string of the molecule is Cn1nccc1CNC1CCN(S(=O)(=O)Cc2ccccc2)CC1. The molecule has 1 saturated heterocycles. The van der Waals surface area contributed by atoms with Crippen LogP contribution in [0.2, 0.25) is 0 Å². The van der Waals surface area contributed by atoms with Crippen molar-refractivity contribution in [3.63, 3.8) is 0 Å². The number of hydrogen-bond acceptors (Lipinski definition) is 4. The highest BCUT2D eigenvalue weighted by atomic mass is 32.2. The van der Waals surface area contributed by atoms with E-state index in [0.29, 0.717) is 19.1 Å². The van der Waals surface area contributed by atoms with E-state index in [-0.39, 0.29) is 5.75 Å². The highest BCUT2D eigenvalue weighted by molar-refractivity contribution is 7.88. The second kappa shape index (κ2) is 7.46. The van der Waals surface area contributed by atoms with Gasteiger partial charge in [0.15, 0.2) is 0 Å². The Kier molecular flexibility index (Phi) is 5.33. The molecular weight excluding hydrogens is 324 g/mol. The number of piperidine rings is 1. The summed E-state index contributed by atoms with van der Waals surface area (Å²) in [6, 6.07) is 11.7. The standard InChI is InChI=1S/C17H24N4O2S/c1-20-17(7-10-19-20)13-18-16-8-11-21(12-9-16)24(22,23)14-15-5-3-2-4-6-15/h2-7,10,16,18H,8-9,11-14H2,1H3. The lowest BCUT2D eigenvalue weighted by atomic mass is 10.1. The van der Waals surface area contributed by atoms with Crippen molar-refractivity contribution in [2.24, 2.45) is 7.05 Å². The minimum absolute atomic E-state index is 0.0843. The van der Waals surface area contributed by atoms with E-state index < -0.39 is 10.0 Å². The normalized spacial score (nSPS) is 17.2. The topological polar surface area (TPSA) is 67.2 Å². The van der Waals surface area contributed by atoms with Gasteiger partial charge in [0.2, 0.25) is 10.0 Å². The molecule has 0 bridgehead atoms. The van der Waals surface area contributed by atoms with Crippen LogP contribution in [0.15, 0.2) is 42.6 Å². The predicted molar refractivity (Wildman–Crippen MR) is 93.7 cm³/mol. The first-order valence-corrected chi connectivity index (χ1v) is 9.87. The summed E-state index contributed by atoms with van der Waals surface area (Å²) in [6.07, 6.45) is 3.47. The zero-order valence-electron chi connectivity index (χ0n) is 13.9. The molecule has 1 N–H and O–H groups in total. The van der Waals surface area contributed by atoms with Gasteiger partial charge in [-0.05, 0) is 24.5 Å². The molecule has 2 heterocycles. The molecule has 0 spiro atoms. The van der Waals surface area contributed by atoms with Gasteiger partial charge in [0.05, 0.1) is 11.4 Å². The first-order chi connectivity index (χ1) is 11.5. The number of nitrogens with zero attached hydrogens (tertiary/aromatic N) is 3. The molecule has 0 unspecified atom stereocenters. The second-order valence-corrected chi connectivity index (χ2v) is 8.21. The maximum absolute atomic E-state index is 12.5. The van der Waals surface area contributed by atoms with Gasteiger partial charge in [0, 0.05) is 38.9 Å². The van der Waals surface area contributed by atoms with Crippen LogP contribution in [-0.4, -0.2) is 41.6 Å². The lowest BCUT2D eigenvalue weighted by molar-refractivity contribution is 0.287. The largest absolute Gasteiger partial charge is 0.308 e. The maximum atomic E-state index is 12.5. The van der Waals surface area contributed by atoms with E-state index in [2.05, 4.69) is 10.4 Å². The summed E-state index contributed by atoms with van der Waals surface area (Å²) in [5.74, 6) is 0.0843. The molecule has 3 rings (SSSR count). The van der Waals surface area contributed by atoms with Crippen LogP contribution in [0.25, 0.3) is 0 Å². The van der Waals surface area contributed by atoms with Crippen LogP contribution >= 0.6 is 0 Å². The average Bonchev–Trinajstić information content (AvgIpc) is 2.99. The summed E-state index contributed by atoms with van der Waals surface area (Å²) < 4.78 is 28.6. The third-order valence-corrected chi connectivity index (χ3v) is 6.38. The van der Waals surface area contributed by atoms with Gasteiger partial charge in [-0.2, -0.15) is 5.10 Å². The number of benzene rings is 1. The van der Waals surface area contributed by atoms with Crippen LogP contribution in [0.1, 0.15) is 24.1 Å². The van der Waals surface area contributed by atoms with E-state index >= 15 is 0 Å². The van der Waals surface area contributed by atoms with Gasteiger partial charge in [0.25, 0.3) is 0 Å². The lowest BCUT2D eigenvalue weighted by Crippen LogP contribution is -2.45. The third kappa shape index (κ3) is 4.23. The number of hydrogen-bond donors (Lipinski definition) is 1. The van der Waals surface area contributed by atoms with E-state index in [0.717, 1.165) is 30.6 Å². The zero-order valence-corrected chi connectivity index (χ0v) is 14.7. The molecule has 130 valence electrons. The number of aromatic nitrogens is 2. The van der Waals surface area contributed by atoms with E-state index in [1.165, 1.54) is 0 Å². The van der Waals surface area contributed by atoms with Crippen molar-refractivity contribution in [1.29, 1.82) is 0 Å². The summed E-state index contributed by atoms with van der Waals surface area (Å²) in [6.45, 7) is 1.92. The summed E-state index contributed by atoms with van der Waals surface area (Å²) in [5.41, 5.74) is 1.98. The van der Waals surface area contributed by atoms with Crippen LogP contribution in [0, 0.1) is 0 Å². The van der Waals surface area contributed by atoms with Crippen molar-refractivity contribution in [2.45, 2.75) is 31.2 Å². The summed E-state index contributed by atoms with van der Waals surface area (Å²) in [5, 5.41) is 7.66. The van der Waals surface area contributed by atoms with Crippen molar-refractivity contribution in [3.05, 3.63) is 53.9 Å². The van der Waals surface area contributed by atoms with E-state index in [1.54, 1.807) is 10.5 Å². The minimum atomic E-state index is -3.23. The Labute approximate surface area is 143 Å². The Morgan fingerprint density at radius 2 is 1.88 bits per heavy atom. The van der Waals surface area contributed by atoms with Crippen molar-refractivity contribution in [2.75, 3.05) is 13.1 Å². The van der Waals surface area contributed by atoms with Gasteiger partial charge in [-0.15, -0.1) is 0 Å². The molecule has 1 aromatic heterocycles. The van der Waals surface area contributed by atoms with Crippen molar-refractivity contribution >= 4 is 10.0 Å². The quantitative estimate of drug-likeness (QED) is 0.859. The third-order valence-electron chi connectivity index (χ3n) is 4.53. The molecule has 7 heteroatoms. The fourth-order valence-corrected chi connectivity index (χ4v) is 4.60. The highest BCUT2D eigenvalue weighted by Crippen LogP contribution is 2.18. The number of sulfonamides is 1. The van der Waals surface area contributed by atoms with Crippen LogP contribution in [0.4, 0.5) is 0 Å². The van der Waals surface area contributed by atoms with Crippen LogP contribution < -0.4 is 5.32 Å². The molecule has 24 heavy (non-hydrogen) atoms. The number of nitrogens with one attached hydrogen (secondary N) is 1. The van der Waals surface area contributed by atoms with Gasteiger partial charge >= 0.3 is 0 Å². The molecule has 0 atom stereocenters. The molecule has 1 aromatic carbocycles. The molecule has 2 aromatic rings. The van der Waals surface area contributed by atoms with Gasteiger partial charge < -0.3 is 5.32 Å². The number of rotatable bonds is 6. The first-order valence-electron chi connectivity index (χ1n) is 8.26. The Bertz CT molecular complexity index is 750. The average molecular weight is 348 g/mol. The van der Waals surface area contributed by atoms with Crippen molar-refractivity contribution < 1.29 is 8.42 Å². The highest BCUT2D eigenvalue weighted by Gasteiger charge is 2.27. The monoisotopic (exact) mass is 348 g/mol. The van der Waals surface area contributed by atoms with Crippen LogP contribution in [-0.2, 0) is 29.4 Å². The van der Waals surface area contributed by atoms with Crippen molar-refractivity contribution in [1.82, 2.24) is 19.4 Å². The molecule has 6 nitrogen and oxygen atoms in total. The Morgan fingerprint density at radius 1 is 1.17 bits per heavy atom. The summed E-state index contributed by atoms with van der Waals surface area (Å²) in [4.78, 5) is 0. The molecule has 0 amide bonds. The fourth-order valence-electron chi connectivity index (χ4n) is 3.04. The van der Waals surface area contributed by atoms with Crippen LogP contribution in [0.5, 0.6) is 0 Å².